The number of hydrogen-bond acceptors (Lipinski definition) is 6. The van der Waals surface area contributed by atoms with Crippen molar-refractivity contribution < 1.29 is 22.7 Å². The molecule has 0 aromatic heterocycles. The van der Waals surface area contributed by atoms with E-state index in [1.54, 1.807) is 18.2 Å². The number of benzene rings is 2. The monoisotopic (exact) mass is 416 g/mol. The Balaban J connectivity index is 1.52. The molecule has 0 unspecified atom stereocenters. The molecule has 0 aliphatic carbocycles. The van der Waals surface area contributed by atoms with Crippen molar-refractivity contribution in [2.24, 2.45) is 0 Å². The van der Waals surface area contributed by atoms with Gasteiger partial charge in [0, 0.05) is 43.5 Å². The fraction of sp³-hybridized carbons (Fsp3) is 0.381. The number of aldehydes is 1. The van der Waals surface area contributed by atoms with Crippen LogP contribution in [0, 0.1) is 13.8 Å². The minimum absolute atomic E-state index is 0.220. The predicted octanol–water partition coefficient (Wildman–Crippen LogP) is 2.40. The number of ether oxygens (including phenoxy) is 2. The number of piperazine rings is 1. The van der Waals surface area contributed by atoms with Crippen LogP contribution in [-0.4, -0.2) is 58.4 Å². The molecule has 1 saturated heterocycles. The fourth-order valence-electron chi connectivity index (χ4n) is 4.04. The van der Waals surface area contributed by atoms with E-state index < -0.39 is 10.0 Å². The zero-order valence-corrected chi connectivity index (χ0v) is 17.4. The van der Waals surface area contributed by atoms with Gasteiger partial charge in [0.25, 0.3) is 0 Å². The van der Waals surface area contributed by atoms with Crippen LogP contribution in [0.1, 0.15) is 21.5 Å². The second kappa shape index (κ2) is 7.68. The van der Waals surface area contributed by atoms with Crippen molar-refractivity contribution in [3.8, 4) is 11.5 Å². The summed E-state index contributed by atoms with van der Waals surface area (Å²) in [4.78, 5) is 13.5. The van der Waals surface area contributed by atoms with Gasteiger partial charge in [-0.05, 0) is 49.2 Å². The molecule has 2 aromatic rings. The Morgan fingerprint density at radius 3 is 2.14 bits per heavy atom. The topological polar surface area (TPSA) is 76.2 Å². The van der Waals surface area contributed by atoms with Crippen molar-refractivity contribution in [1.29, 1.82) is 0 Å². The first-order valence-electron chi connectivity index (χ1n) is 9.61. The van der Waals surface area contributed by atoms with Gasteiger partial charge in [0.2, 0.25) is 10.0 Å². The highest BCUT2D eigenvalue weighted by Crippen LogP contribution is 2.34. The minimum Gasteiger partial charge on any atom is -0.486 e. The maximum atomic E-state index is 13.1. The van der Waals surface area contributed by atoms with E-state index in [0.717, 1.165) is 23.1 Å². The van der Waals surface area contributed by atoms with E-state index >= 15 is 0 Å². The minimum atomic E-state index is -3.61. The predicted molar refractivity (Wildman–Crippen MR) is 110 cm³/mol. The van der Waals surface area contributed by atoms with Gasteiger partial charge >= 0.3 is 0 Å². The van der Waals surface area contributed by atoms with E-state index in [9.17, 15) is 13.2 Å². The number of carbonyl (C=O) groups is 1. The smallest absolute Gasteiger partial charge is 0.243 e. The summed E-state index contributed by atoms with van der Waals surface area (Å²) in [7, 11) is -3.61. The highest BCUT2D eigenvalue weighted by atomic mass is 32.2. The third-order valence-electron chi connectivity index (χ3n) is 5.36. The first kappa shape index (κ1) is 19.7. The van der Waals surface area contributed by atoms with Crippen molar-refractivity contribution in [1.82, 2.24) is 4.31 Å². The van der Waals surface area contributed by atoms with Crippen molar-refractivity contribution >= 4 is 22.0 Å². The molecule has 0 spiro atoms. The quantitative estimate of drug-likeness (QED) is 0.713. The molecule has 2 heterocycles. The van der Waals surface area contributed by atoms with Crippen LogP contribution >= 0.6 is 0 Å². The SMILES string of the molecule is Cc1cc(C=O)cc(C)c1N1CCN(S(=O)(=O)c2ccc3c(c2)OCCO3)CC1. The third kappa shape index (κ3) is 3.70. The van der Waals surface area contributed by atoms with E-state index in [1.165, 1.54) is 4.31 Å². The molecule has 154 valence electrons. The number of rotatable bonds is 4. The van der Waals surface area contributed by atoms with Gasteiger partial charge in [-0.2, -0.15) is 4.31 Å². The van der Waals surface area contributed by atoms with Crippen molar-refractivity contribution in [3.63, 3.8) is 0 Å². The number of carbonyl (C=O) groups excluding carboxylic acids is 1. The molecule has 4 rings (SSSR count). The molecule has 29 heavy (non-hydrogen) atoms. The Labute approximate surface area is 170 Å². The molecule has 0 N–H and O–H groups in total. The zero-order valence-electron chi connectivity index (χ0n) is 16.6. The number of hydrogen-bond donors (Lipinski definition) is 0. The lowest BCUT2D eigenvalue weighted by Crippen LogP contribution is -2.49. The van der Waals surface area contributed by atoms with Gasteiger partial charge in [-0.1, -0.05) is 0 Å². The van der Waals surface area contributed by atoms with Crippen LogP contribution < -0.4 is 14.4 Å². The van der Waals surface area contributed by atoms with E-state index in [-0.39, 0.29) is 4.90 Å². The van der Waals surface area contributed by atoms with E-state index in [2.05, 4.69) is 4.90 Å². The van der Waals surface area contributed by atoms with Crippen LogP contribution in [0.2, 0.25) is 0 Å². The second-order valence-electron chi connectivity index (χ2n) is 7.32. The molecule has 0 saturated carbocycles. The number of nitrogens with zero attached hydrogens (tertiary/aromatic N) is 2. The molecule has 8 heteroatoms. The van der Waals surface area contributed by atoms with Crippen molar-refractivity contribution in [2.45, 2.75) is 18.7 Å². The molecule has 7 nitrogen and oxygen atoms in total. The summed E-state index contributed by atoms with van der Waals surface area (Å²) < 4.78 is 38.7. The average molecular weight is 416 g/mol. The van der Waals surface area contributed by atoms with Gasteiger partial charge in [0.1, 0.15) is 19.5 Å². The largest absolute Gasteiger partial charge is 0.486 e. The summed E-state index contributed by atoms with van der Waals surface area (Å²) in [5.41, 5.74) is 3.78. The summed E-state index contributed by atoms with van der Waals surface area (Å²) >= 11 is 0. The maximum absolute atomic E-state index is 13.1. The molecule has 0 bridgehead atoms. The number of sulfonamides is 1. The summed E-state index contributed by atoms with van der Waals surface area (Å²) in [6.45, 7) is 6.81. The lowest BCUT2D eigenvalue weighted by Gasteiger charge is -2.37. The number of fused-ring (bicyclic) bond motifs is 1. The molecule has 2 aromatic carbocycles. The van der Waals surface area contributed by atoms with Crippen LogP contribution in [0.15, 0.2) is 35.2 Å². The number of aryl methyl sites for hydroxylation is 2. The van der Waals surface area contributed by atoms with Gasteiger partial charge in [-0.15, -0.1) is 0 Å². The van der Waals surface area contributed by atoms with Crippen LogP contribution in [0.4, 0.5) is 5.69 Å². The molecular weight excluding hydrogens is 392 g/mol. The summed E-state index contributed by atoms with van der Waals surface area (Å²) in [6.07, 6.45) is 0.849. The van der Waals surface area contributed by atoms with Gasteiger partial charge in [0.15, 0.2) is 11.5 Å². The Hall–Kier alpha value is -2.58. The average Bonchev–Trinajstić information content (AvgIpc) is 2.73. The van der Waals surface area contributed by atoms with E-state index in [0.29, 0.717) is 56.5 Å². The molecule has 0 radical (unpaired) electrons. The Morgan fingerprint density at radius 2 is 1.52 bits per heavy atom. The highest BCUT2D eigenvalue weighted by molar-refractivity contribution is 7.89. The highest BCUT2D eigenvalue weighted by Gasteiger charge is 2.30. The fourth-order valence-corrected chi connectivity index (χ4v) is 5.48. The Kier molecular flexibility index (Phi) is 5.23. The lowest BCUT2D eigenvalue weighted by atomic mass is 10.0. The van der Waals surface area contributed by atoms with Crippen LogP contribution in [0.5, 0.6) is 11.5 Å². The molecule has 2 aliphatic rings. The lowest BCUT2D eigenvalue weighted by molar-refractivity contribution is 0.112. The summed E-state index contributed by atoms with van der Waals surface area (Å²) in [6, 6.07) is 8.50. The zero-order chi connectivity index (χ0) is 20.6. The van der Waals surface area contributed by atoms with Crippen molar-refractivity contribution in [2.75, 3.05) is 44.3 Å². The van der Waals surface area contributed by atoms with E-state index in [1.807, 2.05) is 26.0 Å². The third-order valence-corrected chi connectivity index (χ3v) is 7.25. The standard InChI is InChI=1S/C21H24N2O5S/c1-15-11-17(14-24)12-16(2)21(15)22-5-7-23(8-6-22)29(25,26)18-3-4-19-20(13-18)28-10-9-27-19/h3-4,11-14H,5-10H2,1-2H3. The maximum Gasteiger partial charge on any atom is 0.243 e. The molecule has 0 atom stereocenters. The number of anilines is 1. The molecule has 1 fully saturated rings. The van der Waals surface area contributed by atoms with E-state index in [4.69, 9.17) is 9.47 Å². The normalized spacial score (nSPS) is 17.2. The van der Waals surface area contributed by atoms with Crippen LogP contribution in [0.25, 0.3) is 0 Å². The van der Waals surface area contributed by atoms with Gasteiger partial charge in [-0.25, -0.2) is 8.42 Å². The summed E-state index contributed by atoms with van der Waals surface area (Å²) in [5.74, 6) is 1.04. The molecule has 0 amide bonds. The van der Waals surface area contributed by atoms with Crippen LogP contribution in [-0.2, 0) is 10.0 Å². The Bertz CT molecular complexity index is 1020. The Morgan fingerprint density at radius 1 is 0.897 bits per heavy atom. The van der Waals surface area contributed by atoms with Gasteiger partial charge < -0.3 is 14.4 Å². The summed E-state index contributed by atoms with van der Waals surface area (Å²) in [5, 5.41) is 0. The van der Waals surface area contributed by atoms with Crippen LogP contribution in [0.3, 0.4) is 0 Å². The molecular formula is C21H24N2O5S. The van der Waals surface area contributed by atoms with Gasteiger partial charge in [-0.3, -0.25) is 4.79 Å². The first-order valence-corrected chi connectivity index (χ1v) is 11.1. The molecule has 2 aliphatic heterocycles. The second-order valence-corrected chi connectivity index (χ2v) is 9.26. The van der Waals surface area contributed by atoms with Crippen molar-refractivity contribution in [3.05, 3.63) is 47.0 Å². The first-order chi connectivity index (χ1) is 13.9. The van der Waals surface area contributed by atoms with Gasteiger partial charge in [0.05, 0.1) is 4.90 Å².